The number of amides is 1. The first kappa shape index (κ1) is 26.9. The van der Waals surface area contributed by atoms with E-state index in [2.05, 4.69) is 11.9 Å². The molecule has 0 aromatic heterocycles. The summed E-state index contributed by atoms with van der Waals surface area (Å²) in [5, 5.41) is 2.88. The van der Waals surface area contributed by atoms with Crippen molar-refractivity contribution >= 4 is 33.2 Å². The Morgan fingerprint density at radius 2 is 1.67 bits per heavy atom. The zero-order valence-corrected chi connectivity index (χ0v) is 21.7. The van der Waals surface area contributed by atoms with Gasteiger partial charge in [0.2, 0.25) is 0 Å². The molecule has 0 saturated heterocycles. The summed E-state index contributed by atoms with van der Waals surface area (Å²) >= 11 is 6.27. The van der Waals surface area contributed by atoms with E-state index in [1.54, 1.807) is 42.5 Å². The third-order valence-electron chi connectivity index (χ3n) is 5.32. The van der Waals surface area contributed by atoms with Crippen molar-refractivity contribution in [2.24, 2.45) is 0 Å². The molecule has 1 amide bonds. The fourth-order valence-electron chi connectivity index (χ4n) is 3.51. The Kier molecular flexibility index (Phi) is 8.84. The number of benzene rings is 3. The molecule has 3 aromatic carbocycles. The van der Waals surface area contributed by atoms with E-state index in [4.69, 9.17) is 25.8 Å². The van der Waals surface area contributed by atoms with Crippen LogP contribution in [-0.2, 0) is 16.6 Å². The van der Waals surface area contributed by atoms with Gasteiger partial charge in [-0.15, -0.1) is 6.58 Å². The molecule has 0 aliphatic heterocycles. The van der Waals surface area contributed by atoms with Gasteiger partial charge < -0.3 is 19.5 Å². The zero-order valence-electron chi connectivity index (χ0n) is 20.2. The molecule has 3 aromatic rings. The smallest absolute Gasteiger partial charge is 0.264 e. The number of methoxy groups -OCH3 is 3. The maximum absolute atomic E-state index is 13.6. The van der Waals surface area contributed by atoms with Crippen LogP contribution in [0.5, 0.6) is 17.2 Å². The van der Waals surface area contributed by atoms with Gasteiger partial charge in [-0.1, -0.05) is 35.9 Å². The number of hydrogen-bond acceptors (Lipinski definition) is 6. The Hall–Kier alpha value is -3.69. The van der Waals surface area contributed by atoms with Crippen LogP contribution in [0.15, 0.2) is 78.2 Å². The summed E-state index contributed by atoms with van der Waals surface area (Å²) < 4.78 is 44.2. The van der Waals surface area contributed by atoms with Gasteiger partial charge in [-0.3, -0.25) is 9.10 Å². The van der Waals surface area contributed by atoms with Gasteiger partial charge in [0.05, 0.1) is 49.0 Å². The first-order valence-electron chi connectivity index (χ1n) is 10.8. The number of para-hydroxylation sites is 2. The Balaban J connectivity index is 1.90. The summed E-state index contributed by atoms with van der Waals surface area (Å²) in [6, 6.07) is 16.0. The van der Waals surface area contributed by atoms with Crippen molar-refractivity contribution in [3.05, 3.63) is 89.5 Å². The fourth-order valence-corrected chi connectivity index (χ4v) is 5.19. The van der Waals surface area contributed by atoms with Gasteiger partial charge in [-0.2, -0.15) is 0 Å². The second kappa shape index (κ2) is 11.8. The van der Waals surface area contributed by atoms with Crippen molar-refractivity contribution in [2.75, 3.05) is 32.2 Å². The molecule has 3 rings (SSSR count). The van der Waals surface area contributed by atoms with E-state index in [1.807, 2.05) is 0 Å². The predicted molar refractivity (Wildman–Crippen MR) is 140 cm³/mol. The molecule has 0 unspecified atom stereocenters. The van der Waals surface area contributed by atoms with E-state index in [0.717, 1.165) is 9.87 Å². The lowest BCUT2D eigenvalue weighted by atomic mass is 10.1. The van der Waals surface area contributed by atoms with Gasteiger partial charge in [0.1, 0.15) is 5.75 Å². The Morgan fingerprint density at radius 3 is 2.33 bits per heavy atom. The van der Waals surface area contributed by atoms with Crippen molar-refractivity contribution in [3.63, 3.8) is 0 Å². The Bertz CT molecular complexity index is 1360. The Labute approximate surface area is 216 Å². The van der Waals surface area contributed by atoms with Crippen LogP contribution >= 0.6 is 11.6 Å². The molecule has 36 heavy (non-hydrogen) atoms. The maximum Gasteiger partial charge on any atom is 0.264 e. The van der Waals surface area contributed by atoms with Crippen molar-refractivity contribution in [1.29, 1.82) is 0 Å². The molecule has 0 spiro atoms. The van der Waals surface area contributed by atoms with E-state index >= 15 is 0 Å². The van der Waals surface area contributed by atoms with Crippen molar-refractivity contribution in [2.45, 2.75) is 11.4 Å². The molecule has 10 heteroatoms. The number of nitrogens with zero attached hydrogens (tertiary/aromatic N) is 1. The van der Waals surface area contributed by atoms with Gasteiger partial charge in [0, 0.05) is 6.54 Å². The topological polar surface area (TPSA) is 94.2 Å². The molecule has 0 bridgehead atoms. The SMILES string of the molecule is C=CCN(c1ccccc1OC)S(=O)(=O)c1ccc(Cl)c(C(=O)NCc2ccc(OC)c(OC)c2)c1. The highest BCUT2D eigenvalue weighted by molar-refractivity contribution is 7.92. The molecule has 0 saturated carbocycles. The number of anilines is 1. The van der Waals surface area contributed by atoms with Gasteiger partial charge >= 0.3 is 0 Å². The average Bonchev–Trinajstić information content (AvgIpc) is 2.90. The molecular formula is C26H27ClN2O6S. The highest BCUT2D eigenvalue weighted by Gasteiger charge is 2.28. The second-order valence-corrected chi connectivity index (χ2v) is 9.78. The molecular weight excluding hydrogens is 504 g/mol. The van der Waals surface area contributed by atoms with Crippen molar-refractivity contribution in [3.8, 4) is 17.2 Å². The maximum atomic E-state index is 13.6. The number of carbonyl (C=O) groups is 1. The minimum absolute atomic E-state index is 0.00777. The third-order valence-corrected chi connectivity index (χ3v) is 7.43. The van der Waals surface area contributed by atoms with Crippen LogP contribution in [0.1, 0.15) is 15.9 Å². The molecule has 0 aliphatic carbocycles. The predicted octanol–water partition coefficient (Wildman–Crippen LogP) is 4.68. The molecule has 0 radical (unpaired) electrons. The quantitative estimate of drug-likeness (QED) is 0.362. The molecule has 0 fully saturated rings. The minimum Gasteiger partial charge on any atom is -0.495 e. The Morgan fingerprint density at radius 1 is 0.972 bits per heavy atom. The van der Waals surface area contributed by atoms with E-state index in [-0.39, 0.29) is 28.6 Å². The number of carbonyl (C=O) groups excluding carboxylic acids is 1. The third kappa shape index (κ3) is 5.75. The number of rotatable bonds is 11. The molecule has 0 atom stereocenters. The van der Waals surface area contributed by atoms with Gasteiger partial charge in [0.25, 0.3) is 15.9 Å². The highest BCUT2D eigenvalue weighted by atomic mass is 35.5. The van der Waals surface area contributed by atoms with E-state index in [0.29, 0.717) is 22.9 Å². The standard InChI is InChI=1S/C26H27ClN2O6S/c1-5-14-29(22-8-6-7-9-23(22)33-2)36(31,32)19-11-12-21(27)20(16-19)26(30)28-17-18-10-13-24(34-3)25(15-18)35-4/h5-13,15-16H,1,14,17H2,2-4H3,(H,28,30). The number of halogens is 1. The molecule has 0 heterocycles. The van der Waals surface area contributed by atoms with Gasteiger partial charge in [-0.25, -0.2) is 8.42 Å². The van der Waals surface area contributed by atoms with Crippen LogP contribution in [0.25, 0.3) is 0 Å². The summed E-state index contributed by atoms with van der Waals surface area (Å²) in [4.78, 5) is 12.9. The normalized spacial score (nSPS) is 10.9. The summed E-state index contributed by atoms with van der Waals surface area (Å²) in [6.07, 6.45) is 1.47. The largest absolute Gasteiger partial charge is 0.495 e. The van der Waals surface area contributed by atoms with Crippen molar-refractivity contribution < 1.29 is 27.4 Å². The first-order valence-corrected chi connectivity index (χ1v) is 12.6. The summed E-state index contributed by atoms with van der Waals surface area (Å²) in [5.74, 6) is 0.936. The number of nitrogens with one attached hydrogen (secondary N) is 1. The fraction of sp³-hybridized carbons (Fsp3) is 0.192. The van der Waals surface area contributed by atoms with E-state index in [1.165, 1.54) is 45.6 Å². The average molecular weight is 531 g/mol. The van der Waals surface area contributed by atoms with Crippen LogP contribution in [-0.4, -0.2) is 42.2 Å². The molecule has 1 N–H and O–H groups in total. The van der Waals surface area contributed by atoms with Crippen LogP contribution in [0, 0.1) is 0 Å². The zero-order chi connectivity index (χ0) is 26.3. The lowest BCUT2D eigenvalue weighted by Gasteiger charge is -2.25. The van der Waals surface area contributed by atoms with Crippen LogP contribution in [0.2, 0.25) is 5.02 Å². The lowest BCUT2D eigenvalue weighted by molar-refractivity contribution is 0.0951. The van der Waals surface area contributed by atoms with E-state index in [9.17, 15) is 13.2 Å². The summed E-state index contributed by atoms with van der Waals surface area (Å²) in [6.45, 7) is 3.83. The minimum atomic E-state index is -4.09. The lowest BCUT2D eigenvalue weighted by Crippen LogP contribution is -2.32. The summed E-state index contributed by atoms with van der Waals surface area (Å²) in [5.41, 5.74) is 1.13. The van der Waals surface area contributed by atoms with Crippen LogP contribution in [0.3, 0.4) is 0 Å². The second-order valence-electron chi connectivity index (χ2n) is 7.51. The highest BCUT2D eigenvalue weighted by Crippen LogP contribution is 2.33. The summed E-state index contributed by atoms with van der Waals surface area (Å²) in [7, 11) is 0.421. The number of sulfonamides is 1. The number of ether oxygens (including phenoxy) is 3. The van der Waals surface area contributed by atoms with Gasteiger partial charge in [0.15, 0.2) is 11.5 Å². The van der Waals surface area contributed by atoms with Gasteiger partial charge in [-0.05, 0) is 48.0 Å². The van der Waals surface area contributed by atoms with Crippen molar-refractivity contribution in [1.82, 2.24) is 5.32 Å². The van der Waals surface area contributed by atoms with E-state index < -0.39 is 15.9 Å². The monoisotopic (exact) mass is 530 g/mol. The first-order chi connectivity index (χ1) is 17.3. The molecule has 190 valence electrons. The van der Waals surface area contributed by atoms with Crippen LogP contribution in [0.4, 0.5) is 5.69 Å². The number of hydrogen-bond donors (Lipinski definition) is 1. The van der Waals surface area contributed by atoms with Crippen LogP contribution < -0.4 is 23.8 Å². The molecule has 0 aliphatic rings. The molecule has 8 nitrogen and oxygen atoms in total.